The third kappa shape index (κ3) is 3.17. The number of aryl methyl sites for hydroxylation is 1. The van der Waals surface area contributed by atoms with Gasteiger partial charge in [-0.2, -0.15) is 0 Å². The molecule has 1 saturated heterocycles. The minimum Gasteiger partial charge on any atom is -0.369 e. The van der Waals surface area contributed by atoms with E-state index in [1.165, 1.54) is 49.0 Å². The Bertz CT molecular complexity index is 464. The van der Waals surface area contributed by atoms with Crippen LogP contribution in [0.4, 0.5) is 5.69 Å². The van der Waals surface area contributed by atoms with Crippen LogP contribution in [0.5, 0.6) is 0 Å². The Labute approximate surface area is 123 Å². The van der Waals surface area contributed by atoms with Gasteiger partial charge in [0, 0.05) is 30.9 Å². The van der Waals surface area contributed by atoms with Gasteiger partial charge in [-0.15, -0.1) is 0 Å². The van der Waals surface area contributed by atoms with Gasteiger partial charge in [-0.1, -0.05) is 13.0 Å². The lowest BCUT2D eigenvalue weighted by Crippen LogP contribution is -2.41. The first-order valence-corrected chi connectivity index (χ1v) is 8.23. The van der Waals surface area contributed by atoms with Crippen LogP contribution in [-0.4, -0.2) is 18.6 Å². The Hall–Kier alpha value is -1.02. The molecule has 2 heteroatoms. The van der Waals surface area contributed by atoms with Gasteiger partial charge >= 0.3 is 0 Å². The zero-order valence-corrected chi connectivity index (χ0v) is 13.2. The molecule has 110 valence electrons. The monoisotopic (exact) mass is 272 g/mol. The third-order valence-electron chi connectivity index (χ3n) is 4.93. The van der Waals surface area contributed by atoms with Gasteiger partial charge in [-0.3, -0.25) is 0 Å². The molecule has 0 amide bonds. The number of benzene rings is 1. The van der Waals surface area contributed by atoms with Gasteiger partial charge in [-0.25, -0.2) is 0 Å². The van der Waals surface area contributed by atoms with Crippen molar-refractivity contribution in [2.24, 2.45) is 5.92 Å². The maximum atomic E-state index is 3.61. The quantitative estimate of drug-likeness (QED) is 0.895. The zero-order valence-electron chi connectivity index (χ0n) is 13.2. The molecule has 1 saturated carbocycles. The smallest absolute Gasteiger partial charge is 0.0371 e. The molecule has 1 heterocycles. The van der Waals surface area contributed by atoms with Crippen molar-refractivity contribution in [3.05, 3.63) is 29.3 Å². The van der Waals surface area contributed by atoms with Crippen LogP contribution in [0.1, 0.15) is 50.7 Å². The van der Waals surface area contributed by atoms with Crippen molar-refractivity contribution >= 4 is 5.69 Å². The summed E-state index contributed by atoms with van der Waals surface area (Å²) in [5.41, 5.74) is 4.30. The van der Waals surface area contributed by atoms with Gasteiger partial charge in [0.05, 0.1) is 0 Å². The molecule has 3 rings (SSSR count). The Morgan fingerprint density at radius 1 is 1.15 bits per heavy atom. The number of hydrogen-bond acceptors (Lipinski definition) is 2. The van der Waals surface area contributed by atoms with Gasteiger partial charge in [0.1, 0.15) is 0 Å². The highest BCUT2D eigenvalue weighted by Crippen LogP contribution is 2.29. The average Bonchev–Trinajstić information content (AvgIpc) is 3.24. The highest BCUT2D eigenvalue weighted by atomic mass is 15.2. The Morgan fingerprint density at radius 3 is 2.65 bits per heavy atom. The topological polar surface area (TPSA) is 15.3 Å². The van der Waals surface area contributed by atoms with Crippen LogP contribution in [0.2, 0.25) is 0 Å². The molecule has 0 spiro atoms. The molecule has 2 aliphatic rings. The van der Waals surface area contributed by atoms with Crippen molar-refractivity contribution < 1.29 is 0 Å². The van der Waals surface area contributed by atoms with Crippen molar-refractivity contribution in [1.29, 1.82) is 0 Å². The van der Waals surface area contributed by atoms with Crippen LogP contribution in [0.15, 0.2) is 18.2 Å². The molecule has 2 fully saturated rings. The van der Waals surface area contributed by atoms with E-state index in [0.717, 1.165) is 18.5 Å². The van der Waals surface area contributed by atoms with Crippen molar-refractivity contribution in [3.63, 3.8) is 0 Å². The third-order valence-corrected chi connectivity index (χ3v) is 4.93. The highest BCUT2D eigenvalue weighted by molar-refractivity contribution is 5.52. The Balaban J connectivity index is 1.71. The predicted octanol–water partition coefficient (Wildman–Crippen LogP) is 3.87. The maximum Gasteiger partial charge on any atom is 0.0371 e. The van der Waals surface area contributed by atoms with Crippen molar-refractivity contribution in [1.82, 2.24) is 5.32 Å². The van der Waals surface area contributed by atoms with Crippen LogP contribution < -0.4 is 10.2 Å². The molecule has 0 radical (unpaired) electrons. The molecule has 1 aromatic carbocycles. The summed E-state index contributed by atoms with van der Waals surface area (Å²) in [6.45, 7) is 9.23. The van der Waals surface area contributed by atoms with E-state index < -0.39 is 0 Å². The number of rotatable bonds is 4. The average molecular weight is 272 g/mol. The number of nitrogens with zero attached hydrogens (tertiary/aromatic N) is 1. The van der Waals surface area contributed by atoms with Crippen molar-refractivity contribution in [2.75, 3.05) is 11.4 Å². The molecule has 1 aliphatic carbocycles. The standard InChI is InChI=1S/C18H28N2/c1-13-4-5-15(3)20(12-13)18-9-6-16(14(2)10-18)11-19-17-7-8-17/h6,9-10,13,15,17,19H,4-5,7-8,11-12H2,1-3H3. The van der Waals surface area contributed by atoms with Crippen LogP contribution in [-0.2, 0) is 6.54 Å². The normalized spacial score (nSPS) is 26.9. The molecule has 2 unspecified atom stereocenters. The van der Waals surface area contributed by atoms with E-state index in [1.807, 2.05) is 0 Å². The lowest BCUT2D eigenvalue weighted by molar-refractivity contribution is 0.390. The fourth-order valence-electron chi connectivity index (χ4n) is 3.25. The molecule has 1 aromatic rings. The molecular formula is C18H28N2. The molecule has 0 aromatic heterocycles. The summed E-state index contributed by atoms with van der Waals surface area (Å²) >= 11 is 0. The first kappa shape index (κ1) is 13.9. The summed E-state index contributed by atoms with van der Waals surface area (Å²) in [4.78, 5) is 2.60. The number of nitrogens with one attached hydrogen (secondary N) is 1. The van der Waals surface area contributed by atoms with E-state index in [-0.39, 0.29) is 0 Å². The van der Waals surface area contributed by atoms with Gasteiger partial charge in [0.15, 0.2) is 0 Å². The molecule has 2 nitrogen and oxygen atoms in total. The molecule has 1 aliphatic heterocycles. The first-order valence-electron chi connectivity index (χ1n) is 8.23. The SMILES string of the molecule is Cc1cc(N2CC(C)CCC2C)ccc1CNC1CC1. The summed E-state index contributed by atoms with van der Waals surface area (Å²) in [6, 6.07) is 8.51. The number of anilines is 1. The number of piperidine rings is 1. The molecule has 1 N–H and O–H groups in total. The predicted molar refractivity (Wildman–Crippen MR) is 86.2 cm³/mol. The summed E-state index contributed by atoms with van der Waals surface area (Å²) in [7, 11) is 0. The Morgan fingerprint density at radius 2 is 1.95 bits per heavy atom. The minimum absolute atomic E-state index is 0.682. The second kappa shape index (κ2) is 5.77. The van der Waals surface area contributed by atoms with E-state index in [9.17, 15) is 0 Å². The second-order valence-corrected chi connectivity index (χ2v) is 6.95. The molecule has 0 bridgehead atoms. The summed E-state index contributed by atoms with van der Waals surface area (Å²) in [6.07, 6.45) is 5.42. The highest BCUT2D eigenvalue weighted by Gasteiger charge is 2.23. The van der Waals surface area contributed by atoms with E-state index in [4.69, 9.17) is 0 Å². The lowest BCUT2D eigenvalue weighted by Gasteiger charge is -2.39. The van der Waals surface area contributed by atoms with E-state index in [2.05, 4.69) is 49.2 Å². The zero-order chi connectivity index (χ0) is 14.1. The van der Waals surface area contributed by atoms with Crippen LogP contribution in [0.3, 0.4) is 0 Å². The molecule has 20 heavy (non-hydrogen) atoms. The van der Waals surface area contributed by atoms with Gasteiger partial charge in [-0.05, 0) is 68.7 Å². The summed E-state index contributed by atoms with van der Waals surface area (Å²) in [5, 5.41) is 3.61. The van der Waals surface area contributed by atoms with Crippen molar-refractivity contribution in [2.45, 2.75) is 65.1 Å². The van der Waals surface area contributed by atoms with Gasteiger partial charge < -0.3 is 10.2 Å². The molecule has 2 atom stereocenters. The fraction of sp³-hybridized carbons (Fsp3) is 0.667. The molecular weight excluding hydrogens is 244 g/mol. The Kier molecular flexibility index (Phi) is 4.02. The van der Waals surface area contributed by atoms with E-state index >= 15 is 0 Å². The van der Waals surface area contributed by atoms with Gasteiger partial charge in [0.25, 0.3) is 0 Å². The first-order chi connectivity index (χ1) is 9.63. The maximum absolute atomic E-state index is 3.61. The van der Waals surface area contributed by atoms with E-state index in [1.54, 1.807) is 0 Å². The van der Waals surface area contributed by atoms with Crippen LogP contribution in [0, 0.1) is 12.8 Å². The summed E-state index contributed by atoms with van der Waals surface area (Å²) in [5.74, 6) is 0.822. The van der Waals surface area contributed by atoms with Crippen LogP contribution in [0.25, 0.3) is 0 Å². The largest absolute Gasteiger partial charge is 0.369 e. The number of hydrogen-bond donors (Lipinski definition) is 1. The van der Waals surface area contributed by atoms with E-state index in [0.29, 0.717) is 6.04 Å². The van der Waals surface area contributed by atoms with Gasteiger partial charge in [0.2, 0.25) is 0 Å². The fourth-order valence-corrected chi connectivity index (χ4v) is 3.25. The van der Waals surface area contributed by atoms with Crippen LogP contribution >= 0.6 is 0 Å². The summed E-state index contributed by atoms with van der Waals surface area (Å²) < 4.78 is 0. The lowest BCUT2D eigenvalue weighted by atomic mass is 9.94. The van der Waals surface area contributed by atoms with Crippen molar-refractivity contribution in [3.8, 4) is 0 Å². The minimum atomic E-state index is 0.682. The second-order valence-electron chi connectivity index (χ2n) is 6.95.